The number of amides is 1. The van der Waals surface area contributed by atoms with E-state index in [-0.39, 0.29) is 18.6 Å². The summed E-state index contributed by atoms with van der Waals surface area (Å²) in [6.07, 6.45) is 1.62. The van der Waals surface area contributed by atoms with Gasteiger partial charge in [0.1, 0.15) is 5.60 Å². The van der Waals surface area contributed by atoms with E-state index in [0.29, 0.717) is 53.0 Å². The van der Waals surface area contributed by atoms with Gasteiger partial charge in [0.2, 0.25) is 0 Å². The van der Waals surface area contributed by atoms with Crippen LogP contribution in [-0.2, 0) is 12.2 Å². The van der Waals surface area contributed by atoms with Gasteiger partial charge in [-0.3, -0.25) is 14.7 Å². The van der Waals surface area contributed by atoms with Crippen LogP contribution < -0.4 is 4.90 Å². The second-order valence-corrected chi connectivity index (χ2v) is 10.7. The maximum absolute atomic E-state index is 12.4. The molecule has 9 heteroatoms. The number of hydrogen-bond donors (Lipinski definition) is 2. The van der Waals surface area contributed by atoms with Crippen LogP contribution in [0.5, 0.6) is 0 Å². The topological polar surface area (TPSA) is 80.1 Å². The van der Waals surface area contributed by atoms with Crippen molar-refractivity contribution in [2.45, 2.75) is 25.2 Å². The lowest BCUT2D eigenvalue weighted by Crippen LogP contribution is -2.52. The number of aliphatic hydroxyl groups excluding tert-OH is 1. The molecule has 2 aromatic carbocycles. The number of hydrogen-bond acceptors (Lipinski definition) is 6. The summed E-state index contributed by atoms with van der Waals surface area (Å²) in [6.45, 7) is 4.08. The zero-order valence-corrected chi connectivity index (χ0v) is 22.7. The largest absolute Gasteiger partial charge is 0.390 e. The molecule has 3 aromatic rings. The Kier molecular flexibility index (Phi) is 8.41. The zero-order chi connectivity index (χ0) is 26.7. The van der Waals surface area contributed by atoms with Gasteiger partial charge in [0, 0.05) is 62.6 Å². The van der Waals surface area contributed by atoms with Crippen LogP contribution in [0.4, 0.5) is 5.69 Å². The number of aromatic nitrogens is 1. The Balaban J connectivity index is 1.60. The monoisotopic (exact) mass is 542 g/mol. The third-order valence-electron chi connectivity index (χ3n) is 6.77. The van der Waals surface area contributed by atoms with Crippen LogP contribution in [0.15, 0.2) is 60.8 Å². The van der Waals surface area contributed by atoms with Gasteiger partial charge in [-0.05, 0) is 48.9 Å². The van der Waals surface area contributed by atoms with Crippen LogP contribution in [0.25, 0.3) is 0 Å². The van der Waals surface area contributed by atoms with E-state index in [9.17, 15) is 15.0 Å². The highest BCUT2D eigenvalue weighted by Gasteiger charge is 2.34. The molecule has 1 saturated heterocycles. The van der Waals surface area contributed by atoms with E-state index >= 15 is 0 Å². The van der Waals surface area contributed by atoms with Crippen molar-refractivity contribution in [3.8, 4) is 0 Å². The number of carbonyl (C=O) groups excluding carboxylic acids is 1. The fourth-order valence-corrected chi connectivity index (χ4v) is 5.15. The number of aliphatic hydroxyl groups is 2. The minimum atomic E-state index is -1.13. The first-order valence-electron chi connectivity index (χ1n) is 12.1. The molecular formula is C28H32Cl2N4O3. The quantitative estimate of drug-likeness (QED) is 0.461. The van der Waals surface area contributed by atoms with Crippen molar-refractivity contribution in [2.24, 2.45) is 0 Å². The van der Waals surface area contributed by atoms with Gasteiger partial charge in [-0.25, -0.2) is 0 Å². The fraction of sp³-hybridized carbons (Fsp3) is 0.357. The summed E-state index contributed by atoms with van der Waals surface area (Å²) in [5.41, 5.74) is 2.60. The predicted octanol–water partition coefficient (Wildman–Crippen LogP) is 4.35. The van der Waals surface area contributed by atoms with Crippen LogP contribution in [0.1, 0.15) is 40.1 Å². The van der Waals surface area contributed by atoms with Crippen molar-refractivity contribution in [3.63, 3.8) is 0 Å². The normalized spacial score (nSPS) is 17.9. The molecule has 196 valence electrons. The number of halogens is 2. The average Bonchev–Trinajstić information content (AvgIpc) is 2.88. The van der Waals surface area contributed by atoms with Crippen LogP contribution in [0, 0.1) is 0 Å². The molecule has 1 aliphatic rings. The molecule has 0 saturated carbocycles. The second kappa shape index (κ2) is 11.4. The van der Waals surface area contributed by atoms with Crippen molar-refractivity contribution in [1.29, 1.82) is 0 Å². The number of anilines is 1. The van der Waals surface area contributed by atoms with Crippen LogP contribution in [-0.4, -0.2) is 71.2 Å². The molecule has 1 amide bonds. The minimum absolute atomic E-state index is 0.0513. The third kappa shape index (κ3) is 6.25. The van der Waals surface area contributed by atoms with Gasteiger partial charge in [0.05, 0.1) is 29.1 Å². The van der Waals surface area contributed by atoms with E-state index < -0.39 is 5.60 Å². The predicted molar refractivity (Wildman–Crippen MR) is 147 cm³/mol. The Morgan fingerprint density at radius 1 is 1.11 bits per heavy atom. The minimum Gasteiger partial charge on any atom is -0.390 e. The van der Waals surface area contributed by atoms with Gasteiger partial charge in [-0.1, -0.05) is 41.4 Å². The lowest BCUT2D eigenvalue weighted by molar-refractivity contribution is 0.00997. The molecule has 37 heavy (non-hydrogen) atoms. The summed E-state index contributed by atoms with van der Waals surface area (Å²) in [4.78, 5) is 22.7. The lowest BCUT2D eigenvalue weighted by atomic mass is 9.94. The SMILES string of the molecule is CN(C)C(=O)c1ccc(N2CCN(C[C@@](C)(O)c3ccc(CO)nc3)C[C@H]2c2ccc(Cl)cc2)c(Cl)c1. The van der Waals surface area contributed by atoms with Crippen molar-refractivity contribution in [3.05, 3.63) is 93.2 Å². The van der Waals surface area contributed by atoms with Crippen LogP contribution >= 0.6 is 23.2 Å². The van der Waals surface area contributed by atoms with E-state index in [1.807, 2.05) is 42.5 Å². The third-order valence-corrected chi connectivity index (χ3v) is 7.32. The molecule has 2 atom stereocenters. The van der Waals surface area contributed by atoms with Gasteiger partial charge >= 0.3 is 0 Å². The number of β-amino-alcohol motifs (C(OH)–C–C–N with tert-alkyl or cyclic N) is 1. The second-order valence-electron chi connectivity index (χ2n) is 9.83. The molecule has 2 N–H and O–H groups in total. The Morgan fingerprint density at radius 2 is 1.84 bits per heavy atom. The zero-order valence-electron chi connectivity index (χ0n) is 21.2. The van der Waals surface area contributed by atoms with Crippen molar-refractivity contribution < 1.29 is 15.0 Å². The standard InChI is InChI=1S/C28H32Cl2N4O3/c1-28(37,21-7-10-23(17-35)31-15-21)18-33-12-13-34(26(16-33)19-4-8-22(29)9-5-19)25-11-6-20(14-24(25)30)27(36)32(2)3/h4-11,14-15,26,35,37H,12-13,16-18H2,1-3H3/t26-,28+/m0/s1. The van der Waals surface area contributed by atoms with Gasteiger partial charge in [-0.15, -0.1) is 0 Å². The number of piperazine rings is 1. The highest BCUT2D eigenvalue weighted by atomic mass is 35.5. The smallest absolute Gasteiger partial charge is 0.253 e. The lowest BCUT2D eigenvalue weighted by Gasteiger charge is -2.45. The van der Waals surface area contributed by atoms with Gasteiger partial charge in [0.15, 0.2) is 0 Å². The Bertz CT molecular complexity index is 1230. The number of nitrogens with zero attached hydrogens (tertiary/aromatic N) is 4. The van der Waals surface area contributed by atoms with E-state index in [2.05, 4.69) is 14.8 Å². The maximum atomic E-state index is 12.4. The molecule has 1 aromatic heterocycles. The van der Waals surface area contributed by atoms with Crippen molar-refractivity contribution in [2.75, 3.05) is 45.2 Å². The molecule has 2 heterocycles. The van der Waals surface area contributed by atoms with E-state index in [0.717, 1.165) is 11.3 Å². The molecule has 0 bridgehead atoms. The summed E-state index contributed by atoms with van der Waals surface area (Å²) in [5, 5.41) is 21.8. The van der Waals surface area contributed by atoms with Crippen LogP contribution in [0.2, 0.25) is 10.0 Å². The Morgan fingerprint density at radius 3 is 2.43 bits per heavy atom. The number of carbonyl (C=O) groups is 1. The van der Waals surface area contributed by atoms with E-state index in [4.69, 9.17) is 23.2 Å². The Hall–Kier alpha value is -2.68. The first kappa shape index (κ1) is 27.4. The molecule has 4 rings (SSSR count). The van der Waals surface area contributed by atoms with Gasteiger partial charge in [-0.2, -0.15) is 0 Å². The van der Waals surface area contributed by atoms with Crippen LogP contribution in [0.3, 0.4) is 0 Å². The molecule has 0 unspecified atom stereocenters. The Labute approximate surface area is 227 Å². The van der Waals surface area contributed by atoms with E-state index in [1.165, 1.54) is 4.90 Å². The van der Waals surface area contributed by atoms with Crippen molar-refractivity contribution in [1.82, 2.24) is 14.8 Å². The highest BCUT2D eigenvalue weighted by molar-refractivity contribution is 6.33. The summed E-state index contributed by atoms with van der Waals surface area (Å²) in [5.74, 6) is -0.101. The summed E-state index contributed by atoms with van der Waals surface area (Å²) in [6, 6.07) is 16.7. The molecule has 1 aliphatic heterocycles. The first-order chi connectivity index (χ1) is 17.6. The highest BCUT2D eigenvalue weighted by Crippen LogP contribution is 2.37. The number of benzene rings is 2. The van der Waals surface area contributed by atoms with Gasteiger partial charge in [0.25, 0.3) is 5.91 Å². The molecule has 0 radical (unpaired) electrons. The molecule has 7 nitrogen and oxygen atoms in total. The summed E-state index contributed by atoms with van der Waals surface area (Å²) < 4.78 is 0. The number of rotatable bonds is 7. The molecule has 1 fully saturated rings. The molecular weight excluding hydrogens is 511 g/mol. The molecule has 0 aliphatic carbocycles. The number of pyridine rings is 1. The first-order valence-corrected chi connectivity index (χ1v) is 12.9. The fourth-order valence-electron chi connectivity index (χ4n) is 4.74. The maximum Gasteiger partial charge on any atom is 0.253 e. The van der Waals surface area contributed by atoms with Crippen molar-refractivity contribution >= 4 is 34.8 Å². The van der Waals surface area contributed by atoms with Gasteiger partial charge < -0.3 is 20.0 Å². The molecule has 0 spiro atoms. The summed E-state index contributed by atoms with van der Waals surface area (Å²) >= 11 is 12.9. The van der Waals surface area contributed by atoms with E-state index in [1.54, 1.807) is 39.3 Å². The summed E-state index contributed by atoms with van der Waals surface area (Å²) in [7, 11) is 3.43. The average molecular weight is 543 g/mol.